The predicted molar refractivity (Wildman–Crippen MR) is 279 cm³/mol. The van der Waals surface area contributed by atoms with E-state index in [9.17, 15) is 0 Å². The maximum absolute atomic E-state index is 7.43. The lowest BCUT2D eigenvalue weighted by molar-refractivity contribution is 0.670. The zero-order valence-corrected chi connectivity index (χ0v) is 36.5. The number of fused-ring (bicyclic) bond motifs is 15. The number of benzene rings is 11. The van der Waals surface area contributed by atoms with Crippen molar-refractivity contribution in [1.29, 1.82) is 0 Å². The van der Waals surface area contributed by atoms with Crippen LogP contribution in [0.25, 0.3) is 88.3 Å². The molecule has 1 spiro atoms. The fourth-order valence-corrected chi connectivity index (χ4v) is 11.7. The van der Waals surface area contributed by atoms with E-state index < -0.39 is 5.41 Å². The van der Waals surface area contributed by atoms with Crippen LogP contribution in [0.15, 0.2) is 253 Å². The van der Waals surface area contributed by atoms with Crippen molar-refractivity contribution in [1.82, 2.24) is 0 Å². The second-order valence-corrected chi connectivity index (χ2v) is 17.9. The number of nitrogens with zero attached hydrogens (tertiary/aromatic N) is 1. The molecule has 2 aliphatic carbocycles. The topological polar surface area (TPSA) is 16.4 Å². The Balaban J connectivity index is 1.10. The van der Waals surface area contributed by atoms with Gasteiger partial charge in [-0.05, 0) is 114 Å². The van der Waals surface area contributed by atoms with E-state index in [1.165, 1.54) is 60.8 Å². The molecule has 312 valence electrons. The molecule has 0 N–H and O–H groups in total. The minimum absolute atomic E-state index is 0.505. The van der Waals surface area contributed by atoms with Crippen LogP contribution in [0.4, 0.5) is 17.1 Å². The van der Waals surface area contributed by atoms with Gasteiger partial charge in [-0.3, -0.25) is 0 Å². The van der Waals surface area contributed by atoms with Crippen molar-refractivity contribution in [2.24, 2.45) is 0 Å². The maximum atomic E-state index is 7.43. The molecular formula is C65H41NO. The molecule has 0 atom stereocenters. The van der Waals surface area contributed by atoms with Crippen LogP contribution in [0.2, 0.25) is 0 Å². The van der Waals surface area contributed by atoms with E-state index in [4.69, 9.17) is 4.42 Å². The summed E-state index contributed by atoms with van der Waals surface area (Å²) in [5.41, 5.74) is 21.5. The second-order valence-electron chi connectivity index (χ2n) is 17.9. The first-order chi connectivity index (χ1) is 33.3. The Morgan fingerprint density at radius 3 is 1.49 bits per heavy atom. The summed E-state index contributed by atoms with van der Waals surface area (Å²) in [6, 6.07) is 91.2. The number of hydrogen-bond acceptors (Lipinski definition) is 2. The normalized spacial score (nSPS) is 12.9. The highest BCUT2D eigenvalue weighted by atomic mass is 16.3. The van der Waals surface area contributed by atoms with E-state index in [2.05, 4.69) is 254 Å². The molecule has 0 radical (unpaired) electrons. The van der Waals surface area contributed by atoms with Crippen LogP contribution in [0.5, 0.6) is 0 Å². The number of furan rings is 1. The Labute approximate surface area is 389 Å². The van der Waals surface area contributed by atoms with Crippen LogP contribution < -0.4 is 4.90 Å². The molecule has 0 fully saturated rings. The third-order valence-electron chi connectivity index (χ3n) is 14.5. The van der Waals surface area contributed by atoms with Crippen molar-refractivity contribution < 1.29 is 4.42 Å². The molecule has 12 aromatic rings. The monoisotopic (exact) mass is 851 g/mol. The van der Waals surface area contributed by atoms with Gasteiger partial charge in [0.25, 0.3) is 0 Å². The van der Waals surface area contributed by atoms with E-state index in [0.29, 0.717) is 0 Å². The molecule has 1 aromatic heterocycles. The van der Waals surface area contributed by atoms with Gasteiger partial charge in [0.05, 0.1) is 16.8 Å². The van der Waals surface area contributed by atoms with E-state index in [-0.39, 0.29) is 0 Å². The number of para-hydroxylation sites is 1. The third kappa shape index (κ3) is 5.45. The number of hydrogen-bond donors (Lipinski definition) is 0. The van der Waals surface area contributed by atoms with Gasteiger partial charge < -0.3 is 9.32 Å². The molecule has 0 amide bonds. The second kappa shape index (κ2) is 14.7. The van der Waals surface area contributed by atoms with Gasteiger partial charge >= 0.3 is 0 Å². The summed E-state index contributed by atoms with van der Waals surface area (Å²) in [6.45, 7) is 0. The van der Waals surface area contributed by atoms with Crippen molar-refractivity contribution >= 4 is 49.8 Å². The van der Waals surface area contributed by atoms with E-state index >= 15 is 0 Å². The van der Waals surface area contributed by atoms with E-state index in [1.54, 1.807) is 0 Å². The smallest absolute Gasteiger partial charge is 0.159 e. The summed E-state index contributed by atoms with van der Waals surface area (Å²) in [5, 5.41) is 4.56. The standard InChI is InChI=1S/C65H41NO/c1-4-19-42(20-5-1)45-35-38-60(54(39-45)43-21-6-2-7-22-43)66(61-34-18-30-53-62-48-26-11-10-25-46(48)40-55(64(62)67-63(53)61)44-23-8-3-9-24-44)47-36-37-52-51-29-14-17-33-58(51)65(59(52)41-47)56-31-15-12-27-49(56)50-28-13-16-32-57(50)65/h1-41H. The highest BCUT2D eigenvalue weighted by Gasteiger charge is 2.51. The summed E-state index contributed by atoms with van der Waals surface area (Å²) in [4.78, 5) is 2.47. The SMILES string of the molecule is c1ccc(-c2ccc(N(c3ccc4c(c3)C3(c5ccccc5-c5ccccc53)c3ccccc3-4)c3cccc4c3oc3c(-c5ccccc5)cc5ccccc5c34)c(-c3ccccc3)c2)cc1. The van der Waals surface area contributed by atoms with Crippen LogP contribution in [-0.2, 0) is 5.41 Å². The first kappa shape index (κ1) is 37.6. The first-order valence-corrected chi connectivity index (χ1v) is 23.2. The average Bonchev–Trinajstić information content (AvgIpc) is 4.05. The molecule has 0 unspecified atom stereocenters. The van der Waals surface area contributed by atoms with Gasteiger partial charge in [-0.15, -0.1) is 0 Å². The summed E-state index contributed by atoms with van der Waals surface area (Å²) in [7, 11) is 0. The fraction of sp³-hybridized carbons (Fsp3) is 0.0154. The molecule has 2 aliphatic rings. The lowest BCUT2D eigenvalue weighted by Gasteiger charge is -2.32. The van der Waals surface area contributed by atoms with Crippen LogP contribution >= 0.6 is 0 Å². The average molecular weight is 852 g/mol. The number of rotatable bonds is 6. The van der Waals surface area contributed by atoms with E-state index in [1.807, 2.05) is 0 Å². The van der Waals surface area contributed by atoms with Crippen molar-refractivity contribution in [3.8, 4) is 55.6 Å². The zero-order valence-electron chi connectivity index (χ0n) is 36.5. The van der Waals surface area contributed by atoms with Gasteiger partial charge in [-0.1, -0.05) is 212 Å². The van der Waals surface area contributed by atoms with Crippen LogP contribution in [0.3, 0.4) is 0 Å². The molecule has 0 saturated carbocycles. The minimum Gasteiger partial charge on any atom is -0.453 e. The molecule has 0 bridgehead atoms. The molecule has 2 nitrogen and oxygen atoms in total. The molecule has 11 aromatic carbocycles. The molecule has 1 heterocycles. The third-order valence-corrected chi connectivity index (χ3v) is 14.5. The minimum atomic E-state index is -0.505. The molecule has 0 saturated heterocycles. The van der Waals surface area contributed by atoms with Crippen LogP contribution in [0.1, 0.15) is 22.3 Å². The molecule has 0 aliphatic heterocycles. The Morgan fingerprint density at radius 1 is 0.299 bits per heavy atom. The maximum Gasteiger partial charge on any atom is 0.159 e. The Morgan fingerprint density at radius 2 is 0.836 bits per heavy atom. The van der Waals surface area contributed by atoms with Gasteiger partial charge in [0.2, 0.25) is 0 Å². The Bertz CT molecular complexity index is 3860. The molecule has 2 heteroatoms. The summed E-state index contributed by atoms with van der Waals surface area (Å²) in [5.74, 6) is 0. The van der Waals surface area contributed by atoms with Gasteiger partial charge in [0.15, 0.2) is 5.58 Å². The summed E-state index contributed by atoms with van der Waals surface area (Å²) >= 11 is 0. The molecule has 14 rings (SSSR count). The summed E-state index contributed by atoms with van der Waals surface area (Å²) in [6.07, 6.45) is 0. The van der Waals surface area contributed by atoms with Gasteiger partial charge in [-0.25, -0.2) is 0 Å². The van der Waals surface area contributed by atoms with Crippen LogP contribution in [-0.4, -0.2) is 0 Å². The number of anilines is 3. The highest BCUT2D eigenvalue weighted by Crippen LogP contribution is 2.63. The first-order valence-electron chi connectivity index (χ1n) is 23.2. The van der Waals surface area contributed by atoms with Gasteiger partial charge in [-0.2, -0.15) is 0 Å². The Hall–Kier alpha value is -8.72. The van der Waals surface area contributed by atoms with Crippen LogP contribution in [0, 0.1) is 0 Å². The quantitative estimate of drug-likeness (QED) is 0.166. The predicted octanol–water partition coefficient (Wildman–Crippen LogP) is 17.6. The summed E-state index contributed by atoms with van der Waals surface area (Å²) < 4.78 is 7.43. The van der Waals surface area contributed by atoms with Crippen molar-refractivity contribution in [2.75, 3.05) is 4.90 Å². The highest BCUT2D eigenvalue weighted by molar-refractivity contribution is 6.24. The van der Waals surface area contributed by atoms with Gasteiger partial charge in [0.1, 0.15) is 5.58 Å². The van der Waals surface area contributed by atoms with E-state index in [0.717, 1.165) is 66.8 Å². The molecule has 67 heavy (non-hydrogen) atoms. The lowest BCUT2D eigenvalue weighted by Crippen LogP contribution is -2.26. The van der Waals surface area contributed by atoms with Crippen molar-refractivity contribution in [2.45, 2.75) is 5.41 Å². The molecular weight excluding hydrogens is 811 g/mol. The van der Waals surface area contributed by atoms with Crippen molar-refractivity contribution in [3.63, 3.8) is 0 Å². The van der Waals surface area contributed by atoms with Crippen molar-refractivity contribution in [3.05, 3.63) is 271 Å². The zero-order chi connectivity index (χ0) is 44.1. The fourth-order valence-electron chi connectivity index (χ4n) is 11.7. The Kier molecular flexibility index (Phi) is 8.23. The van der Waals surface area contributed by atoms with Gasteiger partial charge in [0, 0.05) is 27.6 Å². The largest absolute Gasteiger partial charge is 0.453 e. The lowest BCUT2D eigenvalue weighted by atomic mass is 9.70.